The highest BCUT2D eigenvalue weighted by atomic mass is 79.9. The average Bonchev–Trinajstić information content (AvgIpc) is 3.67. The summed E-state index contributed by atoms with van der Waals surface area (Å²) in [6.45, 7) is 5.99. The van der Waals surface area contributed by atoms with E-state index < -0.39 is 11.5 Å². The minimum absolute atomic E-state index is 0.141. The first kappa shape index (κ1) is 28.1. The smallest absolute Gasteiger partial charge is 0.419 e. The molecule has 0 aliphatic heterocycles. The molecule has 0 spiro atoms. The zero-order valence-electron chi connectivity index (χ0n) is 22.4. The van der Waals surface area contributed by atoms with E-state index in [1.807, 2.05) is 73.7 Å². The highest BCUT2D eigenvalue weighted by Crippen LogP contribution is 2.49. The van der Waals surface area contributed by atoms with E-state index in [9.17, 15) is 9.59 Å². The van der Waals surface area contributed by atoms with Gasteiger partial charge >= 0.3 is 12.1 Å². The van der Waals surface area contributed by atoms with Crippen LogP contribution in [0.2, 0.25) is 0 Å². The third-order valence-electron chi connectivity index (χ3n) is 6.95. The van der Waals surface area contributed by atoms with Crippen LogP contribution in [0.4, 0.5) is 16.2 Å². The number of rotatable bonds is 8. The fourth-order valence-corrected chi connectivity index (χ4v) is 6.07. The summed E-state index contributed by atoms with van der Waals surface area (Å²) in [5, 5.41) is 4.19. The number of benzene rings is 3. The van der Waals surface area contributed by atoms with Gasteiger partial charge in [0.2, 0.25) is 0 Å². The number of carbonyl (C=O) groups excluding carboxylic acids is 2. The lowest BCUT2D eigenvalue weighted by molar-refractivity contribution is -0.146. The quantitative estimate of drug-likeness (QED) is 0.175. The normalized spacial score (nSPS) is 13.5. The number of halogens is 2. The molecule has 1 aromatic heterocycles. The number of hydrogen-bond acceptors (Lipinski definition) is 6. The number of aryl methyl sites for hydroxylation is 1. The van der Waals surface area contributed by atoms with E-state index in [1.165, 1.54) is 4.90 Å². The first-order valence-electron chi connectivity index (χ1n) is 13.0. The minimum Gasteiger partial charge on any atom is -0.465 e. The zero-order chi connectivity index (χ0) is 28.4. The van der Waals surface area contributed by atoms with E-state index >= 15 is 0 Å². The van der Waals surface area contributed by atoms with Crippen molar-refractivity contribution in [3.05, 3.63) is 86.9 Å². The fourth-order valence-electron chi connectivity index (χ4n) is 4.80. The molecule has 0 radical (unpaired) electrons. The molecule has 0 atom stereocenters. The van der Waals surface area contributed by atoms with E-state index in [-0.39, 0.29) is 12.6 Å². The second-order valence-corrected chi connectivity index (χ2v) is 11.4. The van der Waals surface area contributed by atoms with Crippen LogP contribution >= 0.6 is 31.9 Å². The second kappa shape index (κ2) is 11.6. The van der Waals surface area contributed by atoms with Crippen molar-refractivity contribution in [2.75, 3.05) is 18.1 Å². The van der Waals surface area contributed by atoms with Gasteiger partial charge in [0.05, 0.1) is 24.3 Å². The molecule has 1 amide bonds. The molecule has 1 heterocycles. The number of carbonyl (C=O) groups is 2. The molecule has 5 rings (SSSR count). The molecule has 4 aromatic rings. The van der Waals surface area contributed by atoms with Crippen molar-refractivity contribution in [1.29, 1.82) is 0 Å². The average molecular weight is 668 g/mol. The van der Waals surface area contributed by atoms with Crippen molar-refractivity contribution in [2.45, 2.75) is 39.0 Å². The van der Waals surface area contributed by atoms with Crippen LogP contribution in [0, 0.1) is 6.92 Å². The van der Waals surface area contributed by atoms with E-state index in [4.69, 9.17) is 14.0 Å². The molecule has 1 aliphatic carbocycles. The Morgan fingerprint density at radius 3 is 1.98 bits per heavy atom. The number of esters is 1. The van der Waals surface area contributed by atoms with E-state index in [0.717, 1.165) is 44.0 Å². The molecule has 206 valence electrons. The Bertz CT molecular complexity index is 1520. The van der Waals surface area contributed by atoms with E-state index in [0.29, 0.717) is 29.4 Å². The third kappa shape index (κ3) is 5.45. The Morgan fingerprint density at radius 1 is 0.875 bits per heavy atom. The van der Waals surface area contributed by atoms with Gasteiger partial charge < -0.3 is 14.0 Å². The molecule has 1 fully saturated rings. The van der Waals surface area contributed by atoms with Gasteiger partial charge in [0, 0.05) is 14.5 Å². The molecular formula is C31H28Br2N2O5. The number of nitrogens with zero attached hydrogens (tertiary/aromatic N) is 2. The van der Waals surface area contributed by atoms with Gasteiger partial charge in [0.15, 0.2) is 5.76 Å². The first-order valence-corrected chi connectivity index (χ1v) is 14.6. The first-order chi connectivity index (χ1) is 19.3. The Balaban J connectivity index is 1.46. The van der Waals surface area contributed by atoms with Crippen LogP contribution in [0.5, 0.6) is 0 Å². The van der Waals surface area contributed by atoms with E-state index in [1.54, 1.807) is 13.8 Å². The van der Waals surface area contributed by atoms with Gasteiger partial charge in [-0.25, -0.2) is 9.69 Å². The van der Waals surface area contributed by atoms with Crippen LogP contribution in [0.15, 0.2) is 80.2 Å². The lowest BCUT2D eigenvalue weighted by Gasteiger charge is -2.22. The number of ether oxygens (including phenoxy) is 2. The number of aromatic nitrogens is 1. The Labute approximate surface area is 249 Å². The lowest BCUT2D eigenvalue weighted by atomic mass is 9.93. The monoisotopic (exact) mass is 666 g/mol. The van der Waals surface area contributed by atoms with Crippen molar-refractivity contribution in [3.63, 3.8) is 0 Å². The second-order valence-electron chi connectivity index (χ2n) is 9.56. The van der Waals surface area contributed by atoms with Gasteiger partial charge in [0.25, 0.3) is 0 Å². The van der Waals surface area contributed by atoms with Crippen LogP contribution < -0.4 is 4.90 Å². The maximum absolute atomic E-state index is 13.2. The number of anilines is 2. The largest absolute Gasteiger partial charge is 0.465 e. The van der Waals surface area contributed by atoms with Crippen molar-refractivity contribution in [2.24, 2.45) is 0 Å². The van der Waals surface area contributed by atoms with Crippen LogP contribution in [-0.2, 0) is 19.7 Å². The summed E-state index contributed by atoms with van der Waals surface area (Å²) in [6, 6.07) is 21.5. The highest BCUT2D eigenvalue weighted by molar-refractivity contribution is 9.11. The molecular weight excluding hydrogens is 640 g/mol. The standard InChI is InChI=1S/C31H28Br2N2O5/c1-4-38-29(36)31(14-15-31)23-12-10-21(11-13-23)20-6-8-22(9-7-20)28-27(19(3)34-40-28)35(30(37)39-5-2)26-17-24(32)16-25(33)18-26/h6-13,16-18H,4-5,14-15H2,1-3H3. The van der Waals surface area contributed by atoms with Gasteiger partial charge in [-0.1, -0.05) is 85.5 Å². The lowest BCUT2D eigenvalue weighted by Crippen LogP contribution is -2.27. The molecule has 9 heteroatoms. The zero-order valence-corrected chi connectivity index (χ0v) is 25.5. The third-order valence-corrected chi connectivity index (χ3v) is 7.86. The summed E-state index contributed by atoms with van der Waals surface area (Å²) in [6.07, 6.45) is 1.10. The Kier molecular flexibility index (Phi) is 8.14. The van der Waals surface area contributed by atoms with Crippen molar-refractivity contribution >= 4 is 55.3 Å². The SMILES string of the molecule is CCOC(=O)N(c1cc(Br)cc(Br)c1)c1c(C)noc1-c1ccc(-c2ccc(C3(C(=O)OCC)CC3)cc2)cc1. The van der Waals surface area contributed by atoms with Gasteiger partial charge in [-0.2, -0.15) is 0 Å². The van der Waals surface area contributed by atoms with Crippen LogP contribution in [0.25, 0.3) is 22.5 Å². The molecule has 3 aromatic carbocycles. The molecule has 0 saturated heterocycles. The summed E-state index contributed by atoms with van der Waals surface area (Å²) in [4.78, 5) is 27.1. The van der Waals surface area contributed by atoms with Gasteiger partial charge in [-0.3, -0.25) is 4.79 Å². The Morgan fingerprint density at radius 2 is 1.43 bits per heavy atom. The molecule has 7 nitrogen and oxygen atoms in total. The predicted octanol–water partition coefficient (Wildman–Crippen LogP) is 8.73. The van der Waals surface area contributed by atoms with Crippen LogP contribution in [-0.4, -0.2) is 30.4 Å². The summed E-state index contributed by atoms with van der Waals surface area (Å²) < 4.78 is 18.1. The topological polar surface area (TPSA) is 81.9 Å². The number of hydrogen-bond donors (Lipinski definition) is 0. The van der Waals surface area contributed by atoms with Crippen LogP contribution in [0.3, 0.4) is 0 Å². The highest BCUT2D eigenvalue weighted by Gasteiger charge is 2.52. The molecule has 0 bridgehead atoms. The summed E-state index contributed by atoms with van der Waals surface area (Å²) in [5.41, 5.74) is 4.95. The molecule has 0 N–H and O–H groups in total. The van der Waals surface area contributed by atoms with Crippen molar-refractivity contribution in [1.82, 2.24) is 5.16 Å². The van der Waals surface area contributed by atoms with Gasteiger partial charge in [0.1, 0.15) is 11.4 Å². The maximum atomic E-state index is 13.2. The van der Waals surface area contributed by atoms with E-state index in [2.05, 4.69) is 37.0 Å². The summed E-state index contributed by atoms with van der Waals surface area (Å²) in [5.74, 6) is 0.311. The minimum atomic E-state index is -0.534. The molecule has 40 heavy (non-hydrogen) atoms. The van der Waals surface area contributed by atoms with Gasteiger partial charge in [-0.15, -0.1) is 0 Å². The summed E-state index contributed by atoms with van der Waals surface area (Å²) >= 11 is 7.01. The van der Waals surface area contributed by atoms with Gasteiger partial charge in [-0.05, 0) is 68.5 Å². The van der Waals surface area contributed by atoms with Crippen molar-refractivity contribution in [3.8, 4) is 22.5 Å². The fraction of sp³-hybridized carbons (Fsp3) is 0.258. The molecule has 0 unspecified atom stereocenters. The Hall–Kier alpha value is -3.43. The maximum Gasteiger partial charge on any atom is 0.419 e. The molecule has 1 saturated carbocycles. The van der Waals surface area contributed by atoms with Crippen molar-refractivity contribution < 1.29 is 23.6 Å². The van der Waals surface area contributed by atoms with Crippen LogP contribution in [0.1, 0.15) is 37.9 Å². The molecule has 1 aliphatic rings. The summed E-state index contributed by atoms with van der Waals surface area (Å²) in [7, 11) is 0. The predicted molar refractivity (Wildman–Crippen MR) is 161 cm³/mol. The number of amides is 1.